The summed E-state index contributed by atoms with van der Waals surface area (Å²) in [7, 11) is -1.02. The number of aromatic nitrogens is 1. The second-order valence-corrected chi connectivity index (χ2v) is 6.64. The molecular weight excluding hydrogens is 250 g/mol. The van der Waals surface area contributed by atoms with Gasteiger partial charge >= 0.3 is 0 Å². The van der Waals surface area contributed by atoms with Gasteiger partial charge in [-0.05, 0) is 18.1 Å². The fourth-order valence-electron chi connectivity index (χ4n) is 1.87. The first kappa shape index (κ1) is 15.2. The summed E-state index contributed by atoms with van der Waals surface area (Å²) < 4.78 is 26.3. The molecule has 2 N–H and O–H groups in total. The molecule has 0 atom stereocenters. The summed E-state index contributed by atoms with van der Waals surface area (Å²) >= 11 is 0. The summed E-state index contributed by atoms with van der Waals surface area (Å²) in [5.74, 6) is 0.510. The smallest absolute Gasteiger partial charge is 0.208 e. The molecule has 18 heavy (non-hydrogen) atoms. The minimum Gasteiger partial charge on any atom is -0.350 e. The summed E-state index contributed by atoms with van der Waals surface area (Å²) in [5.41, 5.74) is 2.51. The minimum atomic E-state index is -3.08. The molecule has 6 heteroatoms. The molecular formula is C12H23N3O2S. The van der Waals surface area contributed by atoms with Gasteiger partial charge in [0.2, 0.25) is 10.0 Å². The van der Waals surface area contributed by atoms with Crippen LogP contribution < -0.4 is 10.0 Å². The predicted octanol–water partition coefficient (Wildman–Crippen LogP) is 0.787. The van der Waals surface area contributed by atoms with E-state index in [0.717, 1.165) is 6.54 Å². The van der Waals surface area contributed by atoms with Gasteiger partial charge in [0.15, 0.2) is 0 Å². The summed E-state index contributed by atoms with van der Waals surface area (Å²) in [6, 6.07) is 4.24. The Morgan fingerprint density at radius 1 is 1.28 bits per heavy atom. The van der Waals surface area contributed by atoms with Crippen LogP contribution in [0.1, 0.15) is 31.2 Å². The summed E-state index contributed by atoms with van der Waals surface area (Å²) in [5, 5.41) is 3.22. The molecule has 0 aromatic carbocycles. The van der Waals surface area contributed by atoms with E-state index < -0.39 is 10.0 Å². The molecule has 1 aromatic heterocycles. The van der Waals surface area contributed by atoms with Gasteiger partial charge in [0, 0.05) is 38.1 Å². The van der Waals surface area contributed by atoms with Gasteiger partial charge in [-0.15, -0.1) is 0 Å². The zero-order valence-corrected chi connectivity index (χ0v) is 12.3. The monoisotopic (exact) mass is 273 g/mol. The molecule has 0 aliphatic carbocycles. The van der Waals surface area contributed by atoms with Gasteiger partial charge in [-0.1, -0.05) is 13.8 Å². The summed E-state index contributed by atoms with van der Waals surface area (Å²) in [6.45, 7) is 6.12. The lowest BCUT2D eigenvalue weighted by Gasteiger charge is -2.11. The van der Waals surface area contributed by atoms with Crippen molar-refractivity contribution in [2.45, 2.75) is 26.3 Å². The van der Waals surface area contributed by atoms with Gasteiger partial charge in [0.1, 0.15) is 0 Å². The van der Waals surface area contributed by atoms with E-state index in [-0.39, 0.29) is 0 Å². The molecule has 0 amide bonds. The Morgan fingerprint density at radius 3 is 2.44 bits per heavy atom. The molecule has 0 radical (unpaired) electrons. The number of nitrogens with one attached hydrogen (secondary N) is 2. The van der Waals surface area contributed by atoms with Crippen molar-refractivity contribution in [3.8, 4) is 0 Å². The van der Waals surface area contributed by atoms with Crippen LogP contribution in [0, 0.1) is 0 Å². The Hall–Kier alpha value is -0.850. The van der Waals surface area contributed by atoms with Crippen molar-refractivity contribution in [3.05, 3.63) is 23.5 Å². The first-order chi connectivity index (χ1) is 8.31. The van der Waals surface area contributed by atoms with Crippen molar-refractivity contribution in [2.24, 2.45) is 7.05 Å². The highest BCUT2D eigenvalue weighted by atomic mass is 32.2. The molecule has 1 heterocycles. The summed E-state index contributed by atoms with van der Waals surface area (Å²) in [6.07, 6.45) is 1.17. The molecule has 0 saturated heterocycles. The quantitative estimate of drug-likeness (QED) is 0.722. The van der Waals surface area contributed by atoms with Crippen LogP contribution in [0.15, 0.2) is 12.1 Å². The van der Waals surface area contributed by atoms with E-state index in [1.165, 1.54) is 17.6 Å². The van der Waals surface area contributed by atoms with Crippen molar-refractivity contribution in [1.82, 2.24) is 14.6 Å². The molecule has 1 rings (SSSR count). The topological polar surface area (TPSA) is 63.1 Å². The second-order valence-electron chi connectivity index (χ2n) is 4.81. The average molecular weight is 273 g/mol. The van der Waals surface area contributed by atoms with Crippen LogP contribution >= 0.6 is 0 Å². The van der Waals surface area contributed by atoms with Gasteiger partial charge in [0.05, 0.1) is 6.26 Å². The number of nitrogens with zero attached hydrogens (tertiary/aromatic N) is 1. The number of hydrogen-bond acceptors (Lipinski definition) is 3. The standard InChI is InChI=1S/C12H23N3O2S/c1-10(2)12-6-5-11(15(12)3)9-13-7-8-14-18(4,16)17/h5-6,10,13-14H,7-9H2,1-4H3. The first-order valence-corrected chi connectivity index (χ1v) is 8.00. The SMILES string of the molecule is CC(C)c1ccc(CNCCNS(C)(=O)=O)n1C. The molecule has 5 nitrogen and oxygen atoms in total. The third-order valence-corrected chi connectivity index (χ3v) is 3.56. The fourth-order valence-corrected chi connectivity index (χ4v) is 2.34. The lowest BCUT2D eigenvalue weighted by atomic mass is 10.1. The molecule has 0 aliphatic rings. The van der Waals surface area contributed by atoms with Crippen molar-refractivity contribution in [3.63, 3.8) is 0 Å². The maximum absolute atomic E-state index is 10.9. The predicted molar refractivity (Wildman–Crippen MR) is 74.1 cm³/mol. The number of rotatable bonds is 7. The Labute approximate surface area is 110 Å². The van der Waals surface area contributed by atoms with Crippen LogP contribution in [-0.2, 0) is 23.6 Å². The van der Waals surface area contributed by atoms with Crippen molar-refractivity contribution in [1.29, 1.82) is 0 Å². The third-order valence-electron chi connectivity index (χ3n) is 2.83. The van der Waals surface area contributed by atoms with Gasteiger partial charge < -0.3 is 9.88 Å². The highest BCUT2D eigenvalue weighted by Gasteiger charge is 2.07. The zero-order chi connectivity index (χ0) is 13.8. The highest BCUT2D eigenvalue weighted by molar-refractivity contribution is 7.88. The van der Waals surface area contributed by atoms with E-state index in [9.17, 15) is 8.42 Å². The number of hydrogen-bond donors (Lipinski definition) is 2. The maximum atomic E-state index is 10.9. The zero-order valence-electron chi connectivity index (χ0n) is 11.5. The van der Waals surface area contributed by atoms with Gasteiger partial charge in [-0.3, -0.25) is 0 Å². The van der Waals surface area contributed by atoms with Crippen LogP contribution in [0.3, 0.4) is 0 Å². The minimum absolute atomic E-state index is 0.417. The normalized spacial score (nSPS) is 12.3. The van der Waals surface area contributed by atoms with E-state index in [4.69, 9.17) is 0 Å². The molecule has 104 valence electrons. The molecule has 0 fully saturated rings. The molecule has 0 unspecified atom stereocenters. The Bertz CT molecular complexity index is 478. The lowest BCUT2D eigenvalue weighted by molar-refractivity contribution is 0.578. The molecule has 0 saturated carbocycles. The van der Waals surface area contributed by atoms with Gasteiger partial charge in [-0.25, -0.2) is 13.1 Å². The van der Waals surface area contributed by atoms with Crippen molar-refractivity contribution >= 4 is 10.0 Å². The lowest BCUT2D eigenvalue weighted by Crippen LogP contribution is -2.31. The molecule has 0 bridgehead atoms. The molecule has 0 aliphatic heterocycles. The second kappa shape index (κ2) is 6.36. The van der Waals surface area contributed by atoms with E-state index in [1.807, 2.05) is 0 Å². The first-order valence-electron chi connectivity index (χ1n) is 6.11. The van der Waals surface area contributed by atoms with Crippen LogP contribution in [0.4, 0.5) is 0 Å². The summed E-state index contributed by atoms with van der Waals surface area (Å²) in [4.78, 5) is 0. The van der Waals surface area contributed by atoms with E-state index in [0.29, 0.717) is 19.0 Å². The van der Waals surface area contributed by atoms with Gasteiger partial charge in [0.25, 0.3) is 0 Å². The maximum Gasteiger partial charge on any atom is 0.208 e. The Kier molecular flexibility index (Phi) is 5.37. The third kappa shape index (κ3) is 4.80. The van der Waals surface area contributed by atoms with E-state index in [2.05, 4.69) is 47.6 Å². The van der Waals surface area contributed by atoms with Crippen LogP contribution in [0.2, 0.25) is 0 Å². The number of sulfonamides is 1. The van der Waals surface area contributed by atoms with Crippen LogP contribution in [0.25, 0.3) is 0 Å². The van der Waals surface area contributed by atoms with Crippen molar-refractivity contribution < 1.29 is 8.42 Å². The Morgan fingerprint density at radius 2 is 1.94 bits per heavy atom. The molecule has 0 spiro atoms. The fraction of sp³-hybridized carbons (Fsp3) is 0.667. The van der Waals surface area contributed by atoms with Crippen LogP contribution in [-0.4, -0.2) is 32.3 Å². The molecule has 1 aromatic rings. The van der Waals surface area contributed by atoms with Gasteiger partial charge in [-0.2, -0.15) is 0 Å². The Balaban J connectivity index is 2.36. The van der Waals surface area contributed by atoms with Crippen LogP contribution in [0.5, 0.6) is 0 Å². The largest absolute Gasteiger partial charge is 0.350 e. The van der Waals surface area contributed by atoms with E-state index >= 15 is 0 Å². The van der Waals surface area contributed by atoms with E-state index in [1.54, 1.807) is 0 Å². The van der Waals surface area contributed by atoms with Crippen molar-refractivity contribution in [2.75, 3.05) is 19.3 Å². The average Bonchev–Trinajstić information content (AvgIpc) is 2.58. The highest BCUT2D eigenvalue weighted by Crippen LogP contribution is 2.16.